The lowest BCUT2D eigenvalue weighted by Crippen LogP contribution is -2.20. The molecule has 1 unspecified atom stereocenters. The molecule has 3 heteroatoms. The monoisotopic (exact) mass is 211 g/mol. The van der Waals surface area contributed by atoms with Gasteiger partial charge >= 0.3 is 0 Å². The Hall–Kier alpha value is -0.670. The molecule has 0 bridgehead atoms. The first kappa shape index (κ1) is 11.4. The Bertz CT molecular complexity index is 304. The Labute approximate surface area is 89.1 Å². The molecule has 0 radical (unpaired) electrons. The zero-order valence-corrected chi connectivity index (χ0v) is 9.56. The summed E-state index contributed by atoms with van der Waals surface area (Å²) >= 11 is 1.73. The molecule has 0 aliphatic rings. The van der Waals surface area contributed by atoms with Crippen LogP contribution < -0.4 is 5.73 Å². The topological polar surface area (TPSA) is 43.1 Å². The quantitative estimate of drug-likeness (QED) is 0.811. The fraction of sp³-hybridized carbons (Fsp3) is 0.545. The summed E-state index contributed by atoms with van der Waals surface area (Å²) in [5, 5.41) is 0. The number of hydrogen-bond acceptors (Lipinski definition) is 3. The second kappa shape index (κ2) is 5.27. The van der Waals surface area contributed by atoms with Gasteiger partial charge in [-0.05, 0) is 25.5 Å². The molecule has 1 atom stereocenters. The molecule has 1 rings (SSSR count). The molecule has 0 fully saturated rings. The van der Waals surface area contributed by atoms with Crippen molar-refractivity contribution < 1.29 is 4.79 Å². The van der Waals surface area contributed by atoms with E-state index in [1.54, 1.807) is 11.3 Å². The van der Waals surface area contributed by atoms with Gasteiger partial charge in [-0.1, -0.05) is 6.92 Å². The smallest absolute Gasteiger partial charge is 0.139 e. The van der Waals surface area contributed by atoms with Gasteiger partial charge in [0.05, 0.1) is 0 Å². The molecule has 0 saturated carbocycles. The Balaban J connectivity index is 2.47. The van der Waals surface area contributed by atoms with Gasteiger partial charge in [-0.25, -0.2) is 0 Å². The van der Waals surface area contributed by atoms with Crippen LogP contribution in [-0.4, -0.2) is 11.8 Å². The molecule has 14 heavy (non-hydrogen) atoms. The van der Waals surface area contributed by atoms with Crippen LogP contribution in [0.5, 0.6) is 0 Å². The Morgan fingerprint density at radius 1 is 1.50 bits per heavy atom. The largest absolute Gasteiger partial charge is 0.328 e. The number of aryl methyl sites for hydroxylation is 1. The van der Waals surface area contributed by atoms with Crippen molar-refractivity contribution in [2.45, 2.75) is 39.2 Å². The van der Waals surface area contributed by atoms with Gasteiger partial charge in [0.25, 0.3) is 0 Å². The maximum Gasteiger partial charge on any atom is 0.139 e. The molecule has 1 heterocycles. The molecule has 0 aromatic carbocycles. The average molecular weight is 211 g/mol. The fourth-order valence-electron chi connectivity index (χ4n) is 1.33. The third-order valence-electron chi connectivity index (χ3n) is 1.99. The highest BCUT2D eigenvalue weighted by Gasteiger charge is 2.08. The van der Waals surface area contributed by atoms with Crippen molar-refractivity contribution in [2.75, 3.05) is 0 Å². The van der Waals surface area contributed by atoms with Crippen LogP contribution in [0.1, 0.15) is 30.0 Å². The first-order chi connectivity index (χ1) is 6.61. The van der Waals surface area contributed by atoms with E-state index < -0.39 is 0 Å². The average Bonchev–Trinajstić information content (AvgIpc) is 2.50. The van der Waals surface area contributed by atoms with Crippen LogP contribution >= 0.6 is 11.3 Å². The van der Waals surface area contributed by atoms with E-state index in [1.807, 2.05) is 13.0 Å². The Morgan fingerprint density at radius 3 is 2.64 bits per heavy atom. The first-order valence-electron chi connectivity index (χ1n) is 4.96. The third kappa shape index (κ3) is 3.60. The highest BCUT2D eigenvalue weighted by molar-refractivity contribution is 7.12. The van der Waals surface area contributed by atoms with Crippen molar-refractivity contribution in [3.63, 3.8) is 0 Å². The van der Waals surface area contributed by atoms with Crippen LogP contribution in [0.2, 0.25) is 0 Å². The predicted octanol–water partition coefficient (Wildman–Crippen LogP) is 2.16. The van der Waals surface area contributed by atoms with E-state index in [2.05, 4.69) is 13.0 Å². The number of rotatable bonds is 5. The van der Waals surface area contributed by atoms with E-state index in [0.717, 1.165) is 11.3 Å². The molecule has 0 spiro atoms. The number of nitrogens with two attached hydrogens (primary N) is 1. The van der Waals surface area contributed by atoms with Crippen molar-refractivity contribution in [3.05, 3.63) is 21.9 Å². The number of ketones is 1. The normalized spacial score (nSPS) is 12.8. The van der Waals surface area contributed by atoms with Crippen molar-refractivity contribution >= 4 is 17.1 Å². The lowest BCUT2D eigenvalue weighted by Gasteiger charge is -2.01. The minimum atomic E-state index is -0.0203. The van der Waals surface area contributed by atoms with Crippen molar-refractivity contribution in [1.29, 1.82) is 0 Å². The number of thiophene rings is 1. The van der Waals surface area contributed by atoms with E-state index in [9.17, 15) is 4.79 Å². The molecule has 0 aliphatic heterocycles. The lowest BCUT2D eigenvalue weighted by molar-refractivity contribution is -0.118. The van der Waals surface area contributed by atoms with E-state index in [-0.39, 0.29) is 11.8 Å². The van der Waals surface area contributed by atoms with Crippen LogP contribution in [0.3, 0.4) is 0 Å². The summed E-state index contributed by atoms with van der Waals surface area (Å²) in [4.78, 5) is 13.9. The van der Waals surface area contributed by atoms with Crippen molar-refractivity contribution in [3.8, 4) is 0 Å². The van der Waals surface area contributed by atoms with E-state index >= 15 is 0 Å². The summed E-state index contributed by atoms with van der Waals surface area (Å²) in [6.07, 6.45) is 2.08. The summed E-state index contributed by atoms with van der Waals surface area (Å²) in [6.45, 7) is 3.99. The van der Waals surface area contributed by atoms with Gasteiger partial charge in [0.15, 0.2) is 0 Å². The van der Waals surface area contributed by atoms with E-state index in [0.29, 0.717) is 12.8 Å². The second-order valence-electron chi connectivity index (χ2n) is 3.62. The summed E-state index contributed by atoms with van der Waals surface area (Å²) < 4.78 is 0. The van der Waals surface area contributed by atoms with E-state index in [4.69, 9.17) is 5.73 Å². The lowest BCUT2D eigenvalue weighted by atomic mass is 10.1. The van der Waals surface area contributed by atoms with Crippen LogP contribution in [-0.2, 0) is 17.6 Å². The first-order valence-corrected chi connectivity index (χ1v) is 5.78. The molecule has 1 aromatic heterocycles. The molecule has 2 nitrogen and oxygen atoms in total. The van der Waals surface area contributed by atoms with Crippen LogP contribution in [0.15, 0.2) is 12.1 Å². The van der Waals surface area contributed by atoms with Gasteiger partial charge in [0.1, 0.15) is 5.78 Å². The highest BCUT2D eigenvalue weighted by atomic mass is 32.1. The zero-order chi connectivity index (χ0) is 10.6. The minimum Gasteiger partial charge on any atom is -0.328 e. The zero-order valence-electron chi connectivity index (χ0n) is 8.75. The summed E-state index contributed by atoms with van der Waals surface area (Å²) in [7, 11) is 0. The van der Waals surface area contributed by atoms with Gasteiger partial charge in [-0.3, -0.25) is 4.79 Å². The van der Waals surface area contributed by atoms with Crippen LogP contribution in [0, 0.1) is 0 Å². The fourth-order valence-corrected chi connectivity index (χ4v) is 2.32. The number of Topliss-reactive ketones (excluding diaryl/α,β-unsaturated/α-hetero) is 1. The molecular weight excluding hydrogens is 194 g/mol. The van der Waals surface area contributed by atoms with Gasteiger partial charge in [-0.2, -0.15) is 0 Å². The van der Waals surface area contributed by atoms with Gasteiger partial charge in [-0.15, -0.1) is 11.3 Å². The van der Waals surface area contributed by atoms with Crippen LogP contribution in [0.25, 0.3) is 0 Å². The molecule has 1 aromatic rings. The van der Waals surface area contributed by atoms with Crippen LogP contribution in [0.4, 0.5) is 0 Å². The Morgan fingerprint density at radius 2 is 2.14 bits per heavy atom. The number of carbonyl (C=O) groups excluding carboxylic acids is 1. The summed E-state index contributed by atoms with van der Waals surface area (Å²) in [5.41, 5.74) is 5.56. The standard InChI is InChI=1S/C11H17NOS/c1-3-10-4-5-11(14-10)7-9(13)6-8(2)12/h4-5,8H,3,6-7,12H2,1-2H3. The van der Waals surface area contributed by atoms with Crippen molar-refractivity contribution in [1.82, 2.24) is 0 Å². The maximum atomic E-state index is 11.4. The third-order valence-corrected chi connectivity index (χ3v) is 3.22. The number of carbonyl (C=O) groups is 1. The molecular formula is C11H17NOS. The SMILES string of the molecule is CCc1ccc(CC(=O)CC(C)N)s1. The Kier molecular flexibility index (Phi) is 4.29. The summed E-state index contributed by atoms with van der Waals surface area (Å²) in [5.74, 6) is 0.240. The van der Waals surface area contributed by atoms with Gasteiger partial charge in [0, 0.05) is 28.6 Å². The molecule has 78 valence electrons. The molecule has 0 aliphatic carbocycles. The van der Waals surface area contributed by atoms with Gasteiger partial charge < -0.3 is 5.73 Å². The minimum absolute atomic E-state index is 0.0203. The van der Waals surface area contributed by atoms with Gasteiger partial charge in [0.2, 0.25) is 0 Å². The predicted molar refractivity (Wildman–Crippen MR) is 60.7 cm³/mol. The highest BCUT2D eigenvalue weighted by Crippen LogP contribution is 2.18. The molecule has 2 N–H and O–H groups in total. The van der Waals surface area contributed by atoms with Crippen molar-refractivity contribution in [2.24, 2.45) is 5.73 Å². The number of hydrogen-bond donors (Lipinski definition) is 1. The summed E-state index contributed by atoms with van der Waals surface area (Å²) in [6, 6.07) is 4.12. The second-order valence-corrected chi connectivity index (χ2v) is 4.87. The molecule has 0 saturated heterocycles. The van der Waals surface area contributed by atoms with E-state index in [1.165, 1.54) is 4.88 Å². The maximum absolute atomic E-state index is 11.4. The molecule has 0 amide bonds.